The van der Waals surface area contributed by atoms with E-state index in [0.717, 1.165) is 11.4 Å². The molecule has 1 aliphatic heterocycles. The lowest BCUT2D eigenvalue weighted by molar-refractivity contribution is 0.0753. The summed E-state index contributed by atoms with van der Waals surface area (Å²) in [5.41, 5.74) is 2.27. The zero-order valence-electron chi connectivity index (χ0n) is 9.76. The molecule has 5 heteroatoms. The van der Waals surface area contributed by atoms with Gasteiger partial charge in [0, 0.05) is 43.4 Å². The Hall–Kier alpha value is -1.91. The molecule has 0 spiro atoms. The van der Waals surface area contributed by atoms with Crippen LogP contribution in [0.25, 0.3) is 0 Å². The normalized spacial score (nSPS) is 15.8. The fourth-order valence-corrected chi connectivity index (χ4v) is 1.93. The SMILES string of the molecule is Cc1cc(C(=O)N2CCC(=NO)CC2)ccn1. The van der Waals surface area contributed by atoms with Gasteiger partial charge in [-0.2, -0.15) is 0 Å². The number of carbonyl (C=O) groups excluding carboxylic acids is 1. The minimum absolute atomic E-state index is 0.0208. The maximum Gasteiger partial charge on any atom is 0.253 e. The highest BCUT2D eigenvalue weighted by Gasteiger charge is 2.21. The fraction of sp³-hybridized carbons (Fsp3) is 0.417. The van der Waals surface area contributed by atoms with Gasteiger partial charge in [-0.3, -0.25) is 9.78 Å². The zero-order valence-corrected chi connectivity index (χ0v) is 9.76. The van der Waals surface area contributed by atoms with Gasteiger partial charge in [0.25, 0.3) is 5.91 Å². The lowest BCUT2D eigenvalue weighted by Crippen LogP contribution is -2.38. The van der Waals surface area contributed by atoms with E-state index in [9.17, 15) is 4.79 Å². The molecule has 1 aromatic rings. The van der Waals surface area contributed by atoms with Gasteiger partial charge < -0.3 is 10.1 Å². The number of likely N-dealkylation sites (tertiary alicyclic amines) is 1. The summed E-state index contributed by atoms with van der Waals surface area (Å²) >= 11 is 0. The molecule has 0 saturated carbocycles. The summed E-state index contributed by atoms with van der Waals surface area (Å²) in [5, 5.41) is 11.8. The lowest BCUT2D eigenvalue weighted by atomic mass is 10.1. The van der Waals surface area contributed by atoms with E-state index in [4.69, 9.17) is 5.21 Å². The maximum absolute atomic E-state index is 12.1. The second kappa shape index (κ2) is 4.95. The number of hydrogen-bond acceptors (Lipinski definition) is 4. The Morgan fingerprint density at radius 3 is 2.76 bits per heavy atom. The molecule has 0 bridgehead atoms. The Morgan fingerprint density at radius 1 is 1.47 bits per heavy atom. The number of oxime groups is 1. The van der Waals surface area contributed by atoms with Gasteiger partial charge in [-0.1, -0.05) is 5.16 Å². The van der Waals surface area contributed by atoms with Crippen molar-refractivity contribution in [1.82, 2.24) is 9.88 Å². The van der Waals surface area contributed by atoms with Crippen molar-refractivity contribution in [3.05, 3.63) is 29.6 Å². The molecule has 1 aliphatic rings. The van der Waals surface area contributed by atoms with Gasteiger partial charge in [0.2, 0.25) is 0 Å². The third-order valence-corrected chi connectivity index (χ3v) is 2.91. The number of amides is 1. The van der Waals surface area contributed by atoms with Gasteiger partial charge in [-0.15, -0.1) is 0 Å². The summed E-state index contributed by atoms with van der Waals surface area (Å²) in [6, 6.07) is 3.52. The monoisotopic (exact) mass is 233 g/mol. The van der Waals surface area contributed by atoms with Crippen molar-refractivity contribution in [3.63, 3.8) is 0 Å². The molecule has 1 aromatic heterocycles. The molecule has 1 N–H and O–H groups in total. The highest BCUT2D eigenvalue weighted by Crippen LogP contribution is 2.12. The number of pyridine rings is 1. The van der Waals surface area contributed by atoms with Crippen molar-refractivity contribution in [3.8, 4) is 0 Å². The van der Waals surface area contributed by atoms with E-state index in [-0.39, 0.29) is 5.91 Å². The lowest BCUT2D eigenvalue weighted by Gasteiger charge is -2.27. The molecule has 2 heterocycles. The topological polar surface area (TPSA) is 65.8 Å². The highest BCUT2D eigenvalue weighted by molar-refractivity contribution is 5.96. The van der Waals surface area contributed by atoms with Crippen molar-refractivity contribution in [2.75, 3.05) is 13.1 Å². The van der Waals surface area contributed by atoms with E-state index < -0.39 is 0 Å². The average Bonchev–Trinajstić information content (AvgIpc) is 2.38. The molecule has 0 radical (unpaired) electrons. The van der Waals surface area contributed by atoms with Crippen LogP contribution >= 0.6 is 0 Å². The Morgan fingerprint density at radius 2 is 2.18 bits per heavy atom. The minimum atomic E-state index is 0.0208. The number of aromatic nitrogens is 1. The van der Waals surface area contributed by atoms with Crippen molar-refractivity contribution in [2.45, 2.75) is 19.8 Å². The predicted molar refractivity (Wildman–Crippen MR) is 63.3 cm³/mol. The second-order valence-corrected chi connectivity index (χ2v) is 4.14. The average molecular weight is 233 g/mol. The van der Waals surface area contributed by atoms with E-state index in [1.54, 1.807) is 23.2 Å². The van der Waals surface area contributed by atoms with Gasteiger partial charge in [-0.25, -0.2) is 0 Å². The summed E-state index contributed by atoms with van der Waals surface area (Å²) in [7, 11) is 0. The van der Waals surface area contributed by atoms with Gasteiger partial charge >= 0.3 is 0 Å². The zero-order chi connectivity index (χ0) is 12.3. The van der Waals surface area contributed by atoms with Gasteiger partial charge in [0.1, 0.15) is 0 Å². The van der Waals surface area contributed by atoms with E-state index in [2.05, 4.69) is 10.1 Å². The second-order valence-electron chi connectivity index (χ2n) is 4.14. The first kappa shape index (κ1) is 11.6. The summed E-state index contributed by atoms with van der Waals surface area (Å²) in [6.45, 7) is 3.09. The molecule has 90 valence electrons. The van der Waals surface area contributed by atoms with Crippen molar-refractivity contribution in [1.29, 1.82) is 0 Å². The van der Waals surface area contributed by atoms with Crippen LogP contribution in [0.3, 0.4) is 0 Å². The first-order chi connectivity index (χ1) is 8.20. The van der Waals surface area contributed by atoms with Crippen LogP contribution in [0.2, 0.25) is 0 Å². The molecular weight excluding hydrogens is 218 g/mol. The van der Waals surface area contributed by atoms with Crippen LogP contribution in [0.4, 0.5) is 0 Å². The maximum atomic E-state index is 12.1. The van der Waals surface area contributed by atoms with Crippen LogP contribution in [0.5, 0.6) is 0 Å². The first-order valence-corrected chi connectivity index (χ1v) is 5.62. The number of hydrogen-bond donors (Lipinski definition) is 1. The van der Waals surface area contributed by atoms with Crippen LogP contribution in [-0.2, 0) is 0 Å². The standard InChI is InChI=1S/C12H15N3O2/c1-9-8-10(2-5-13-9)12(16)15-6-3-11(14-17)4-7-15/h2,5,8,17H,3-4,6-7H2,1H3. The minimum Gasteiger partial charge on any atom is -0.411 e. The molecule has 1 saturated heterocycles. The van der Waals surface area contributed by atoms with Crippen LogP contribution in [-0.4, -0.2) is 39.8 Å². The van der Waals surface area contributed by atoms with E-state index in [1.165, 1.54) is 0 Å². The third-order valence-electron chi connectivity index (χ3n) is 2.91. The molecule has 0 aliphatic carbocycles. The molecule has 1 fully saturated rings. The summed E-state index contributed by atoms with van der Waals surface area (Å²) in [6.07, 6.45) is 2.94. The predicted octanol–water partition coefficient (Wildman–Crippen LogP) is 1.46. The number of piperidine rings is 1. The molecular formula is C12H15N3O2. The van der Waals surface area contributed by atoms with Gasteiger partial charge in [0.15, 0.2) is 0 Å². The van der Waals surface area contributed by atoms with Crippen molar-refractivity contribution < 1.29 is 10.0 Å². The van der Waals surface area contributed by atoms with Crippen LogP contribution in [0.1, 0.15) is 28.9 Å². The third kappa shape index (κ3) is 2.61. The molecule has 0 aromatic carbocycles. The fourth-order valence-electron chi connectivity index (χ4n) is 1.93. The highest BCUT2D eigenvalue weighted by atomic mass is 16.4. The number of rotatable bonds is 1. The van der Waals surface area contributed by atoms with E-state index in [0.29, 0.717) is 31.5 Å². The van der Waals surface area contributed by atoms with Crippen LogP contribution < -0.4 is 0 Å². The summed E-state index contributed by atoms with van der Waals surface area (Å²) < 4.78 is 0. The number of aryl methyl sites for hydroxylation is 1. The molecule has 5 nitrogen and oxygen atoms in total. The summed E-state index contributed by atoms with van der Waals surface area (Å²) in [5.74, 6) is 0.0208. The van der Waals surface area contributed by atoms with Crippen molar-refractivity contribution in [2.24, 2.45) is 5.16 Å². The number of nitrogens with zero attached hydrogens (tertiary/aromatic N) is 3. The Bertz CT molecular complexity index is 447. The van der Waals surface area contributed by atoms with Gasteiger partial charge in [-0.05, 0) is 19.1 Å². The van der Waals surface area contributed by atoms with Crippen molar-refractivity contribution >= 4 is 11.6 Å². The molecule has 1 amide bonds. The summed E-state index contributed by atoms with van der Waals surface area (Å²) in [4.78, 5) is 18.0. The van der Waals surface area contributed by atoms with Crippen LogP contribution in [0.15, 0.2) is 23.5 Å². The Kier molecular flexibility index (Phi) is 3.37. The van der Waals surface area contributed by atoms with Crippen LogP contribution in [0, 0.1) is 6.92 Å². The molecule has 17 heavy (non-hydrogen) atoms. The first-order valence-electron chi connectivity index (χ1n) is 5.62. The Labute approximate surface area is 99.8 Å². The van der Waals surface area contributed by atoms with Gasteiger partial charge in [0.05, 0.1) is 5.71 Å². The van der Waals surface area contributed by atoms with E-state index >= 15 is 0 Å². The number of carbonyl (C=O) groups is 1. The molecule has 0 unspecified atom stereocenters. The Balaban J connectivity index is 2.07. The molecule has 0 atom stereocenters. The quantitative estimate of drug-likeness (QED) is 0.590. The largest absolute Gasteiger partial charge is 0.411 e. The molecule has 2 rings (SSSR count). The smallest absolute Gasteiger partial charge is 0.253 e. The van der Waals surface area contributed by atoms with E-state index in [1.807, 2.05) is 6.92 Å².